The Morgan fingerprint density at radius 3 is 2.65 bits per heavy atom. The third-order valence-electron chi connectivity index (χ3n) is 2.05. The molecule has 0 aromatic heterocycles. The molecule has 0 amide bonds. The highest BCUT2D eigenvalue weighted by Gasteiger charge is 2.07. The van der Waals surface area contributed by atoms with Crippen LogP contribution in [-0.2, 0) is 16.1 Å². The molecule has 0 spiro atoms. The average Bonchev–Trinajstić information content (AvgIpc) is 2.28. The molecule has 0 fully saturated rings. The molecule has 0 aliphatic rings. The molecular weight excluding hydrogens is 227 g/mol. The summed E-state index contributed by atoms with van der Waals surface area (Å²) in [5, 5.41) is 8.75. The van der Waals surface area contributed by atoms with Gasteiger partial charge >= 0.3 is 5.97 Å². The van der Waals surface area contributed by atoms with Gasteiger partial charge in [-0.3, -0.25) is 0 Å². The number of carboxylic acids is 1. The molecule has 1 aromatic rings. The quantitative estimate of drug-likeness (QED) is 0.744. The van der Waals surface area contributed by atoms with E-state index in [1.165, 1.54) is 12.1 Å². The lowest BCUT2D eigenvalue weighted by atomic mass is 10.1. The van der Waals surface area contributed by atoms with Crippen LogP contribution < -0.4 is 0 Å². The van der Waals surface area contributed by atoms with Crippen molar-refractivity contribution in [1.29, 1.82) is 0 Å². The molecule has 4 nitrogen and oxygen atoms in total. The first-order valence-electron chi connectivity index (χ1n) is 5.31. The van der Waals surface area contributed by atoms with Crippen molar-refractivity contribution in [2.45, 2.75) is 13.5 Å². The van der Waals surface area contributed by atoms with Crippen LogP contribution in [0.3, 0.4) is 0 Å². The van der Waals surface area contributed by atoms with Crippen LogP contribution in [0.15, 0.2) is 18.2 Å². The number of halogens is 1. The minimum Gasteiger partial charge on any atom is -0.478 e. The van der Waals surface area contributed by atoms with Gasteiger partial charge in [0.2, 0.25) is 0 Å². The third kappa shape index (κ3) is 4.93. The molecule has 1 rings (SSSR count). The third-order valence-corrected chi connectivity index (χ3v) is 2.05. The minimum absolute atomic E-state index is 0.0755. The van der Waals surface area contributed by atoms with Crippen molar-refractivity contribution in [3.63, 3.8) is 0 Å². The van der Waals surface area contributed by atoms with Gasteiger partial charge in [0.05, 0.1) is 25.4 Å². The predicted molar refractivity (Wildman–Crippen MR) is 59.5 cm³/mol. The van der Waals surface area contributed by atoms with Gasteiger partial charge in [-0.2, -0.15) is 0 Å². The average molecular weight is 242 g/mol. The van der Waals surface area contributed by atoms with Gasteiger partial charge in [-0.05, 0) is 30.7 Å². The van der Waals surface area contributed by atoms with Gasteiger partial charge in [-0.25, -0.2) is 9.18 Å². The zero-order valence-electron chi connectivity index (χ0n) is 9.61. The summed E-state index contributed by atoms with van der Waals surface area (Å²) in [6.45, 7) is 3.54. The second-order valence-corrected chi connectivity index (χ2v) is 3.40. The number of ether oxygens (including phenoxy) is 2. The molecule has 0 radical (unpaired) electrons. The molecule has 0 atom stereocenters. The monoisotopic (exact) mass is 242 g/mol. The lowest BCUT2D eigenvalue weighted by Crippen LogP contribution is -2.05. The summed E-state index contributed by atoms with van der Waals surface area (Å²) < 4.78 is 23.4. The fourth-order valence-corrected chi connectivity index (χ4v) is 1.31. The highest BCUT2D eigenvalue weighted by atomic mass is 19.1. The summed E-state index contributed by atoms with van der Waals surface area (Å²) in [6.07, 6.45) is 0. The van der Waals surface area contributed by atoms with E-state index < -0.39 is 11.8 Å². The molecule has 0 saturated heterocycles. The predicted octanol–water partition coefficient (Wildman–Crippen LogP) is 2.08. The Morgan fingerprint density at radius 1 is 1.29 bits per heavy atom. The van der Waals surface area contributed by atoms with Crippen molar-refractivity contribution in [3.05, 3.63) is 35.1 Å². The molecule has 0 unspecified atom stereocenters. The van der Waals surface area contributed by atoms with Crippen LogP contribution in [0.5, 0.6) is 0 Å². The second-order valence-electron chi connectivity index (χ2n) is 3.40. The molecular formula is C12H15FO4. The van der Waals surface area contributed by atoms with E-state index >= 15 is 0 Å². The van der Waals surface area contributed by atoms with Crippen LogP contribution >= 0.6 is 0 Å². The lowest BCUT2D eigenvalue weighted by Gasteiger charge is -2.05. The molecule has 1 N–H and O–H groups in total. The van der Waals surface area contributed by atoms with E-state index in [0.29, 0.717) is 25.4 Å². The number of aromatic carboxylic acids is 1. The number of carbonyl (C=O) groups is 1. The van der Waals surface area contributed by atoms with Crippen molar-refractivity contribution < 1.29 is 23.8 Å². The Kier molecular flexibility index (Phi) is 5.59. The van der Waals surface area contributed by atoms with E-state index in [1.54, 1.807) is 0 Å². The number of hydrogen-bond donors (Lipinski definition) is 1. The normalized spacial score (nSPS) is 10.5. The maximum atomic E-state index is 13.1. The Labute approximate surface area is 99.0 Å². The summed E-state index contributed by atoms with van der Waals surface area (Å²) in [6, 6.07) is 3.63. The molecule has 0 aliphatic carbocycles. The van der Waals surface area contributed by atoms with Crippen LogP contribution in [0.2, 0.25) is 0 Å². The Balaban J connectivity index is 2.50. The van der Waals surface area contributed by atoms with E-state index in [1.807, 2.05) is 6.92 Å². The Morgan fingerprint density at radius 2 is 2.00 bits per heavy atom. The van der Waals surface area contributed by atoms with Gasteiger partial charge in [0.1, 0.15) is 5.82 Å². The second kappa shape index (κ2) is 6.98. The van der Waals surface area contributed by atoms with Crippen LogP contribution in [0.25, 0.3) is 0 Å². The summed E-state index contributed by atoms with van der Waals surface area (Å²) in [5.74, 6) is -1.73. The largest absolute Gasteiger partial charge is 0.478 e. The van der Waals surface area contributed by atoms with Gasteiger partial charge in [0.25, 0.3) is 0 Å². The number of hydrogen-bond acceptors (Lipinski definition) is 3. The molecule has 0 heterocycles. The van der Waals surface area contributed by atoms with Crippen LogP contribution in [0.4, 0.5) is 4.39 Å². The van der Waals surface area contributed by atoms with Crippen LogP contribution in [0, 0.1) is 5.82 Å². The van der Waals surface area contributed by atoms with Crippen molar-refractivity contribution in [2.24, 2.45) is 0 Å². The number of carboxylic acid groups (broad SMARTS) is 1. The molecule has 0 bridgehead atoms. The minimum atomic E-state index is -1.15. The van der Waals surface area contributed by atoms with Crippen LogP contribution in [0.1, 0.15) is 22.8 Å². The summed E-state index contributed by atoms with van der Waals surface area (Å²) in [4.78, 5) is 10.7. The Hall–Kier alpha value is -1.46. The fraction of sp³-hybridized carbons (Fsp3) is 0.417. The number of rotatable bonds is 7. The van der Waals surface area contributed by atoms with Crippen LogP contribution in [-0.4, -0.2) is 30.9 Å². The summed E-state index contributed by atoms with van der Waals surface area (Å²) in [7, 11) is 0. The van der Waals surface area contributed by atoms with Crippen molar-refractivity contribution in [2.75, 3.05) is 19.8 Å². The van der Waals surface area contributed by atoms with E-state index in [2.05, 4.69) is 0 Å². The zero-order chi connectivity index (χ0) is 12.7. The van der Waals surface area contributed by atoms with E-state index in [4.69, 9.17) is 14.6 Å². The smallest absolute Gasteiger partial charge is 0.335 e. The lowest BCUT2D eigenvalue weighted by molar-refractivity contribution is 0.0451. The number of benzene rings is 1. The highest BCUT2D eigenvalue weighted by Crippen LogP contribution is 2.10. The highest BCUT2D eigenvalue weighted by molar-refractivity contribution is 5.87. The van der Waals surface area contributed by atoms with E-state index in [0.717, 1.165) is 6.07 Å². The molecule has 0 aliphatic heterocycles. The molecule has 0 saturated carbocycles. The van der Waals surface area contributed by atoms with Crippen molar-refractivity contribution in [3.8, 4) is 0 Å². The standard InChI is InChI=1S/C12H15FO4/c1-2-16-3-4-17-8-9-5-10(12(14)15)7-11(13)6-9/h5-7H,2-4,8H2,1H3,(H,14,15). The first kappa shape index (κ1) is 13.6. The topological polar surface area (TPSA) is 55.8 Å². The summed E-state index contributed by atoms with van der Waals surface area (Å²) >= 11 is 0. The zero-order valence-corrected chi connectivity index (χ0v) is 9.61. The van der Waals surface area contributed by atoms with Crippen molar-refractivity contribution in [1.82, 2.24) is 0 Å². The fourth-order valence-electron chi connectivity index (χ4n) is 1.31. The van der Waals surface area contributed by atoms with Gasteiger partial charge in [0.15, 0.2) is 0 Å². The van der Waals surface area contributed by atoms with E-state index in [-0.39, 0.29) is 12.2 Å². The maximum Gasteiger partial charge on any atom is 0.335 e. The molecule has 94 valence electrons. The first-order valence-corrected chi connectivity index (χ1v) is 5.31. The van der Waals surface area contributed by atoms with Gasteiger partial charge < -0.3 is 14.6 Å². The molecule has 5 heteroatoms. The molecule has 17 heavy (non-hydrogen) atoms. The summed E-state index contributed by atoms with van der Waals surface area (Å²) in [5.41, 5.74) is 0.423. The van der Waals surface area contributed by atoms with Gasteiger partial charge in [-0.1, -0.05) is 0 Å². The van der Waals surface area contributed by atoms with Crippen molar-refractivity contribution >= 4 is 5.97 Å². The van der Waals surface area contributed by atoms with E-state index in [9.17, 15) is 9.18 Å². The maximum absolute atomic E-state index is 13.1. The first-order chi connectivity index (χ1) is 8.13. The Bertz CT molecular complexity index is 379. The SMILES string of the molecule is CCOCCOCc1cc(F)cc(C(=O)O)c1. The van der Waals surface area contributed by atoms with Gasteiger partial charge in [0, 0.05) is 6.61 Å². The molecule has 1 aromatic carbocycles. The van der Waals surface area contributed by atoms with Gasteiger partial charge in [-0.15, -0.1) is 0 Å².